The van der Waals surface area contributed by atoms with Crippen LogP contribution in [0.5, 0.6) is 0 Å². The second-order valence-electron chi connectivity index (χ2n) is 4.71. The van der Waals surface area contributed by atoms with E-state index in [1.807, 2.05) is 0 Å². The maximum Gasteiger partial charge on any atom is 0.291 e. The molecule has 3 aromatic carbocycles. The molecule has 1 radical (unpaired) electrons. The van der Waals surface area contributed by atoms with Crippen molar-refractivity contribution < 1.29 is 32.7 Å². The Bertz CT molecular complexity index is 629. The first-order valence-corrected chi connectivity index (χ1v) is 8.55. The van der Waals surface area contributed by atoms with Gasteiger partial charge in [0.25, 0.3) is 5.09 Å². The maximum atomic E-state index is 8.36. The Kier molecular flexibility index (Phi) is 8.98. The molecule has 127 valence electrons. The van der Waals surface area contributed by atoms with Gasteiger partial charge in [-0.25, -0.2) is 0 Å². The zero-order valence-electron chi connectivity index (χ0n) is 12.7. The zero-order chi connectivity index (χ0) is 16.5. The van der Waals surface area contributed by atoms with Gasteiger partial charge in [0, 0.05) is 22.4 Å². The Morgan fingerprint density at radius 3 is 1.08 bits per heavy atom. The molecule has 0 heterocycles. The standard InChI is InChI=1S/C18H15P.Au.HNO3/c1-4-10-16(11-5-1)19(17-12-6-2-7-13-17)18-14-8-3-9-15-18;;2-1(3)4/h1-15H;;(H,2,3,4)/p+1. The summed E-state index contributed by atoms with van der Waals surface area (Å²) in [5.74, 6) is 0. The second kappa shape index (κ2) is 10.7. The van der Waals surface area contributed by atoms with E-state index in [2.05, 4.69) is 91.0 Å². The van der Waals surface area contributed by atoms with E-state index in [0.717, 1.165) is 0 Å². The molecule has 0 aliphatic carbocycles. The van der Waals surface area contributed by atoms with E-state index in [1.54, 1.807) is 0 Å². The minimum Gasteiger partial charge on any atom is -0.328 e. The van der Waals surface area contributed by atoms with Gasteiger partial charge in [-0.15, -0.1) is 10.1 Å². The van der Waals surface area contributed by atoms with Crippen molar-refractivity contribution in [1.29, 1.82) is 0 Å². The summed E-state index contributed by atoms with van der Waals surface area (Å²) >= 11 is 0. The molecule has 0 aliphatic rings. The van der Waals surface area contributed by atoms with Gasteiger partial charge in [0.15, 0.2) is 0 Å². The number of rotatable bonds is 3. The summed E-state index contributed by atoms with van der Waals surface area (Å²) in [4.78, 5) is 8.36. The predicted octanol–water partition coefficient (Wildman–Crippen LogP) is 2.83. The Labute approximate surface area is 157 Å². The van der Waals surface area contributed by atoms with Gasteiger partial charge >= 0.3 is 0 Å². The summed E-state index contributed by atoms with van der Waals surface area (Å²) in [6, 6.07) is 32.5. The SMILES string of the molecule is O=[N+]([O-])O.[Au].c1ccc([PH+](c2ccccc2)c2ccccc2)cc1. The molecule has 0 amide bonds. The van der Waals surface area contributed by atoms with Crippen LogP contribution in [0, 0.1) is 10.1 Å². The Morgan fingerprint density at radius 1 is 0.667 bits per heavy atom. The number of hydrogen-bond donors (Lipinski definition) is 1. The summed E-state index contributed by atoms with van der Waals surface area (Å²) < 4.78 is 0. The van der Waals surface area contributed by atoms with E-state index >= 15 is 0 Å². The van der Waals surface area contributed by atoms with Crippen molar-refractivity contribution >= 4 is 23.8 Å². The van der Waals surface area contributed by atoms with Crippen molar-refractivity contribution in [2.24, 2.45) is 0 Å². The van der Waals surface area contributed by atoms with Gasteiger partial charge < -0.3 is 5.21 Å². The van der Waals surface area contributed by atoms with Crippen LogP contribution in [0.1, 0.15) is 0 Å². The fraction of sp³-hybridized carbons (Fsp3) is 0. The van der Waals surface area contributed by atoms with E-state index in [9.17, 15) is 0 Å². The number of hydrogen-bond acceptors (Lipinski definition) is 2. The summed E-state index contributed by atoms with van der Waals surface area (Å²) in [5, 5.41) is 17.9. The predicted molar refractivity (Wildman–Crippen MR) is 95.3 cm³/mol. The zero-order valence-corrected chi connectivity index (χ0v) is 15.8. The van der Waals surface area contributed by atoms with E-state index in [1.165, 1.54) is 15.9 Å². The number of nitrogens with zero attached hydrogens (tertiary/aromatic N) is 1. The Hall–Kier alpha value is -1.97. The van der Waals surface area contributed by atoms with Crippen LogP contribution in [0.15, 0.2) is 91.0 Å². The van der Waals surface area contributed by atoms with Crippen LogP contribution in [0.25, 0.3) is 0 Å². The third-order valence-corrected chi connectivity index (χ3v) is 5.92. The average molecular weight is 523 g/mol. The Balaban J connectivity index is 0.000000522. The molecule has 0 unspecified atom stereocenters. The van der Waals surface area contributed by atoms with E-state index in [-0.39, 0.29) is 22.4 Å². The van der Waals surface area contributed by atoms with Gasteiger partial charge in [-0.2, -0.15) is 0 Å². The topological polar surface area (TPSA) is 63.4 Å². The number of benzene rings is 3. The fourth-order valence-corrected chi connectivity index (χ4v) is 4.89. The quantitative estimate of drug-likeness (QED) is 0.249. The Morgan fingerprint density at radius 2 is 0.875 bits per heavy atom. The average Bonchev–Trinajstić information content (AvgIpc) is 2.58. The molecule has 0 saturated heterocycles. The van der Waals surface area contributed by atoms with Gasteiger partial charge in [0.1, 0.15) is 15.9 Å². The van der Waals surface area contributed by atoms with Crippen molar-refractivity contribution in [3.63, 3.8) is 0 Å². The van der Waals surface area contributed by atoms with E-state index in [4.69, 9.17) is 15.3 Å². The molecule has 0 saturated carbocycles. The molecule has 4 nitrogen and oxygen atoms in total. The molecule has 6 heteroatoms. The third kappa shape index (κ3) is 6.26. The van der Waals surface area contributed by atoms with Crippen LogP contribution in [-0.4, -0.2) is 10.3 Å². The minimum atomic E-state index is -1.50. The monoisotopic (exact) mass is 523 g/mol. The first-order valence-electron chi connectivity index (χ1n) is 7.05. The van der Waals surface area contributed by atoms with Gasteiger partial charge in [-0.1, -0.05) is 54.6 Å². The molecule has 1 N–H and O–H groups in total. The largest absolute Gasteiger partial charge is 0.328 e. The molecule has 0 fully saturated rings. The van der Waals surface area contributed by atoms with Crippen LogP contribution in [0.3, 0.4) is 0 Å². The normalized spacial score (nSPS) is 9.38. The third-order valence-electron chi connectivity index (χ3n) is 3.19. The molecule has 3 aromatic rings. The van der Waals surface area contributed by atoms with Gasteiger partial charge in [-0.3, -0.25) is 0 Å². The summed E-state index contributed by atoms with van der Waals surface area (Å²) in [5.41, 5.74) is 0. The first-order chi connectivity index (χ1) is 11.2. The second-order valence-corrected chi connectivity index (χ2v) is 7.19. The molecular weight excluding hydrogens is 506 g/mol. The van der Waals surface area contributed by atoms with Crippen LogP contribution >= 0.6 is 7.92 Å². The fourth-order valence-electron chi connectivity index (χ4n) is 2.31. The van der Waals surface area contributed by atoms with Crippen LogP contribution in [0.4, 0.5) is 0 Å². The smallest absolute Gasteiger partial charge is 0.291 e. The summed E-state index contributed by atoms with van der Waals surface area (Å²) in [6.07, 6.45) is 0. The van der Waals surface area contributed by atoms with E-state index < -0.39 is 13.0 Å². The van der Waals surface area contributed by atoms with E-state index in [0.29, 0.717) is 0 Å². The van der Waals surface area contributed by atoms with Gasteiger partial charge in [0.05, 0.1) is 7.92 Å². The van der Waals surface area contributed by atoms with Crippen molar-refractivity contribution in [2.75, 3.05) is 0 Å². The minimum absolute atomic E-state index is 0. The van der Waals surface area contributed by atoms with Crippen molar-refractivity contribution in [1.82, 2.24) is 0 Å². The van der Waals surface area contributed by atoms with Crippen molar-refractivity contribution in [2.45, 2.75) is 0 Å². The molecule has 24 heavy (non-hydrogen) atoms. The van der Waals surface area contributed by atoms with Crippen molar-refractivity contribution in [3.05, 3.63) is 101 Å². The molecule has 0 bridgehead atoms. The van der Waals surface area contributed by atoms with Gasteiger partial charge in [0.2, 0.25) is 0 Å². The maximum absolute atomic E-state index is 8.36. The summed E-state index contributed by atoms with van der Waals surface area (Å²) in [7, 11) is -0.877. The van der Waals surface area contributed by atoms with Crippen LogP contribution < -0.4 is 15.9 Å². The molecule has 3 rings (SSSR count). The summed E-state index contributed by atoms with van der Waals surface area (Å²) in [6.45, 7) is 0. The molecule has 0 atom stereocenters. The molecule has 0 aliphatic heterocycles. The molecule has 0 spiro atoms. The first kappa shape index (κ1) is 20.1. The molecule has 0 aromatic heterocycles. The molecular formula is C18H17AuNO3P+. The van der Waals surface area contributed by atoms with Crippen LogP contribution in [0.2, 0.25) is 0 Å². The van der Waals surface area contributed by atoms with Gasteiger partial charge in [-0.05, 0) is 36.4 Å². The van der Waals surface area contributed by atoms with Crippen LogP contribution in [-0.2, 0) is 22.4 Å². The van der Waals surface area contributed by atoms with Crippen molar-refractivity contribution in [3.8, 4) is 0 Å².